The van der Waals surface area contributed by atoms with Gasteiger partial charge in [-0.15, -0.1) is 0 Å². The van der Waals surface area contributed by atoms with Gasteiger partial charge in [0, 0.05) is 6.07 Å². The number of phenols is 1. The molecule has 0 aliphatic carbocycles. The summed E-state index contributed by atoms with van der Waals surface area (Å²) in [6.45, 7) is 0. The van der Waals surface area contributed by atoms with Crippen molar-refractivity contribution in [1.29, 1.82) is 0 Å². The molecule has 20 heavy (non-hydrogen) atoms. The highest BCUT2D eigenvalue weighted by molar-refractivity contribution is 5.81. The average Bonchev–Trinajstić information content (AvgIpc) is 2.87. The SMILES string of the molecule is COc1ccc(-c2nc3c(F)c(F)ccc3[nH]2)c(O)c1. The van der Waals surface area contributed by atoms with Gasteiger partial charge in [0.1, 0.15) is 22.8 Å². The number of hydrogen-bond acceptors (Lipinski definition) is 3. The van der Waals surface area contributed by atoms with Gasteiger partial charge in [0.15, 0.2) is 11.6 Å². The fraction of sp³-hybridized carbons (Fsp3) is 0.0714. The van der Waals surface area contributed by atoms with Crippen LogP contribution in [0.3, 0.4) is 0 Å². The first kappa shape index (κ1) is 12.4. The Morgan fingerprint density at radius 2 is 2.00 bits per heavy atom. The molecule has 0 spiro atoms. The van der Waals surface area contributed by atoms with E-state index in [4.69, 9.17) is 4.74 Å². The van der Waals surface area contributed by atoms with Gasteiger partial charge >= 0.3 is 0 Å². The number of methoxy groups -OCH3 is 1. The van der Waals surface area contributed by atoms with Crippen LogP contribution in [0.25, 0.3) is 22.4 Å². The maximum atomic E-state index is 13.6. The normalized spacial score (nSPS) is 10.9. The van der Waals surface area contributed by atoms with Crippen molar-refractivity contribution in [2.24, 2.45) is 0 Å². The number of halogens is 2. The van der Waals surface area contributed by atoms with Crippen LogP contribution in [0, 0.1) is 11.6 Å². The second kappa shape index (κ2) is 4.48. The Labute approximate surface area is 112 Å². The topological polar surface area (TPSA) is 58.1 Å². The summed E-state index contributed by atoms with van der Waals surface area (Å²) >= 11 is 0. The first-order valence-electron chi connectivity index (χ1n) is 5.81. The number of rotatable bonds is 2. The van der Waals surface area contributed by atoms with Crippen molar-refractivity contribution in [3.05, 3.63) is 42.0 Å². The zero-order valence-corrected chi connectivity index (χ0v) is 10.4. The lowest BCUT2D eigenvalue weighted by atomic mass is 10.2. The van der Waals surface area contributed by atoms with Gasteiger partial charge in [-0.25, -0.2) is 13.8 Å². The third-order valence-electron chi connectivity index (χ3n) is 3.01. The molecule has 0 radical (unpaired) electrons. The molecule has 0 aliphatic heterocycles. The minimum atomic E-state index is -1.02. The van der Waals surface area contributed by atoms with Crippen molar-refractivity contribution in [1.82, 2.24) is 9.97 Å². The molecule has 0 saturated heterocycles. The highest BCUT2D eigenvalue weighted by Crippen LogP contribution is 2.32. The van der Waals surface area contributed by atoms with Gasteiger partial charge in [-0.3, -0.25) is 0 Å². The fourth-order valence-corrected chi connectivity index (χ4v) is 1.98. The van der Waals surface area contributed by atoms with Gasteiger partial charge in [0.05, 0.1) is 18.2 Å². The van der Waals surface area contributed by atoms with E-state index < -0.39 is 11.6 Å². The summed E-state index contributed by atoms with van der Waals surface area (Å²) in [5.74, 6) is -1.30. The van der Waals surface area contributed by atoms with Crippen molar-refractivity contribution >= 4 is 11.0 Å². The largest absolute Gasteiger partial charge is 0.507 e. The van der Waals surface area contributed by atoms with E-state index in [9.17, 15) is 13.9 Å². The third kappa shape index (κ3) is 1.85. The van der Waals surface area contributed by atoms with E-state index in [1.807, 2.05) is 0 Å². The molecule has 3 rings (SSSR count). The molecule has 0 atom stereocenters. The molecule has 0 amide bonds. The summed E-state index contributed by atoms with van der Waals surface area (Å²) in [6, 6.07) is 7.05. The maximum Gasteiger partial charge on any atom is 0.186 e. The van der Waals surface area contributed by atoms with Gasteiger partial charge < -0.3 is 14.8 Å². The fourth-order valence-electron chi connectivity index (χ4n) is 1.98. The first-order valence-corrected chi connectivity index (χ1v) is 5.81. The van der Waals surface area contributed by atoms with Gasteiger partial charge in [-0.1, -0.05) is 0 Å². The molecule has 0 aliphatic rings. The number of fused-ring (bicyclic) bond motifs is 1. The molecule has 0 saturated carbocycles. The summed E-state index contributed by atoms with van der Waals surface area (Å²) in [7, 11) is 1.48. The zero-order valence-electron chi connectivity index (χ0n) is 10.4. The smallest absolute Gasteiger partial charge is 0.186 e. The quantitative estimate of drug-likeness (QED) is 0.755. The summed E-state index contributed by atoms with van der Waals surface area (Å²) in [5.41, 5.74) is 0.631. The highest BCUT2D eigenvalue weighted by atomic mass is 19.2. The number of aromatic hydroxyl groups is 1. The number of ether oxygens (including phenoxy) is 1. The average molecular weight is 276 g/mol. The van der Waals surface area contributed by atoms with Crippen LogP contribution in [0.4, 0.5) is 8.78 Å². The van der Waals surface area contributed by atoms with Crippen LogP contribution < -0.4 is 4.74 Å². The number of benzene rings is 2. The van der Waals surface area contributed by atoms with Gasteiger partial charge in [0.25, 0.3) is 0 Å². The number of aromatic nitrogens is 2. The number of phenolic OH excluding ortho intramolecular Hbond substituents is 1. The molecule has 6 heteroatoms. The van der Waals surface area contributed by atoms with Crippen LogP contribution in [0.2, 0.25) is 0 Å². The van der Waals surface area contributed by atoms with Gasteiger partial charge in [-0.05, 0) is 24.3 Å². The minimum absolute atomic E-state index is 0.0655. The molecular weight excluding hydrogens is 266 g/mol. The molecule has 0 unspecified atom stereocenters. The number of hydrogen-bond donors (Lipinski definition) is 2. The Morgan fingerprint density at radius 1 is 1.20 bits per heavy atom. The third-order valence-corrected chi connectivity index (χ3v) is 3.01. The van der Waals surface area contributed by atoms with Crippen LogP contribution in [0.15, 0.2) is 30.3 Å². The van der Waals surface area contributed by atoms with E-state index in [0.717, 1.165) is 6.07 Å². The number of nitrogens with one attached hydrogen (secondary N) is 1. The predicted octanol–water partition coefficient (Wildman–Crippen LogP) is 3.22. The zero-order chi connectivity index (χ0) is 14.3. The van der Waals surface area contributed by atoms with Crippen LogP contribution in [0.5, 0.6) is 11.5 Å². The summed E-state index contributed by atoms with van der Waals surface area (Å²) < 4.78 is 31.7. The van der Waals surface area contributed by atoms with Gasteiger partial charge in [0.2, 0.25) is 0 Å². The van der Waals surface area contributed by atoms with Crippen molar-refractivity contribution < 1.29 is 18.6 Å². The van der Waals surface area contributed by atoms with E-state index >= 15 is 0 Å². The minimum Gasteiger partial charge on any atom is -0.507 e. The first-order chi connectivity index (χ1) is 9.60. The van der Waals surface area contributed by atoms with Crippen molar-refractivity contribution in [3.63, 3.8) is 0 Å². The number of aromatic amines is 1. The summed E-state index contributed by atoms with van der Waals surface area (Å²) in [6.07, 6.45) is 0. The van der Waals surface area contributed by atoms with E-state index in [1.165, 1.54) is 19.2 Å². The van der Waals surface area contributed by atoms with Crippen LogP contribution >= 0.6 is 0 Å². The lowest BCUT2D eigenvalue weighted by molar-refractivity contribution is 0.408. The van der Waals surface area contributed by atoms with E-state index in [2.05, 4.69) is 9.97 Å². The molecular formula is C14H10F2N2O2. The number of H-pyrrole nitrogens is 1. The maximum absolute atomic E-state index is 13.6. The molecule has 1 heterocycles. The molecule has 1 aromatic heterocycles. The van der Waals surface area contributed by atoms with E-state index in [0.29, 0.717) is 16.8 Å². The summed E-state index contributed by atoms with van der Waals surface area (Å²) in [5, 5.41) is 9.92. The van der Waals surface area contributed by atoms with Crippen LogP contribution in [0.1, 0.15) is 0 Å². The predicted molar refractivity (Wildman–Crippen MR) is 69.7 cm³/mol. The molecule has 0 fully saturated rings. The standard InChI is InChI=1S/C14H10F2N2O2/c1-20-7-2-3-8(11(19)6-7)14-17-10-5-4-9(15)12(16)13(10)18-14/h2-6,19H,1H3,(H,17,18). The Balaban J connectivity index is 2.17. The lowest BCUT2D eigenvalue weighted by Gasteiger charge is -2.04. The van der Waals surface area contributed by atoms with Crippen molar-refractivity contribution in [2.45, 2.75) is 0 Å². The van der Waals surface area contributed by atoms with E-state index in [1.54, 1.807) is 12.1 Å². The van der Waals surface area contributed by atoms with Crippen molar-refractivity contribution in [3.8, 4) is 22.9 Å². The molecule has 102 valence electrons. The lowest BCUT2D eigenvalue weighted by Crippen LogP contribution is -1.86. The molecule has 2 N–H and O–H groups in total. The molecule has 4 nitrogen and oxygen atoms in total. The second-order valence-corrected chi connectivity index (χ2v) is 4.23. The monoisotopic (exact) mass is 276 g/mol. The Kier molecular flexibility index (Phi) is 2.78. The molecule has 0 bridgehead atoms. The Hall–Kier alpha value is -2.63. The van der Waals surface area contributed by atoms with E-state index in [-0.39, 0.29) is 17.1 Å². The van der Waals surface area contributed by atoms with Crippen molar-refractivity contribution in [2.75, 3.05) is 7.11 Å². The molecule has 2 aromatic carbocycles. The highest BCUT2D eigenvalue weighted by Gasteiger charge is 2.15. The van der Waals surface area contributed by atoms with Crippen LogP contribution in [-0.4, -0.2) is 22.2 Å². The Bertz CT molecular complexity index is 799. The number of nitrogens with zero attached hydrogens (tertiary/aromatic N) is 1. The molecule has 3 aromatic rings. The second-order valence-electron chi connectivity index (χ2n) is 4.23. The van der Waals surface area contributed by atoms with Crippen LogP contribution in [-0.2, 0) is 0 Å². The Morgan fingerprint density at radius 3 is 2.70 bits per heavy atom. The number of imidazole rings is 1. The van der Waals surface area contributed by atoms with Gasteiger partial charge in [-0.2, -0.15) is 0 Å². The summed E-state index contributed by atoms with van der Waals surface area (Å²) in [4.78, 5) is 6.83.